The minimum Gasteiger partial charge on any atom is -0.308 e. The monoisotopic (exact) mass is 690 g/mol. The zero-order chi connectivity index (χ0) is 34.4. The predicted molar refractivity (Wildman–Crippen MR) is 224 cm³/mol. The van der Waals surface area contributed by atoms with E-state index in [1.807, 2.05) is 0 Å². The van der Waals surface area contributed by atoms with Gasteiger partial charge in [-0.25, -0.2) is 9.97 Å². The van der Waals surface area contributed by atoms with Crippen LogP contribution in [-0.2, 0) is 0 Å². The summed E-state index contributed by atoms with van der Waals surface area (Å²) in [5, 5.41) is 14.6. The number of nitrogens with zero attached hydrogens (tertiary/aromatic N) is 4. The Balaban J connectivity index is 1.30. The van der Waals surface area contributed by atoms with Crippen LogP contribution in [0.25, 0.3) is 119 Å². The summed E-state index contributed by atoms with van der Waals surface area (Å²) in [4.78, 5) is 12.0. The lowest BCUT2D eigenvalue weighted by Crippen LogP contribution is -2.02. The average molecular weight is 691 g/mol. The summed E-state index contributed by atoms with van der Waals surface area (Å²) in [6.45, 7) is 0. The average Bonchev–Trinajstić information content (AvgIpc) is 3.95. The summed E-state index contributed by atoms with van der Waals surface area (Å²) in [6, 6.07) is 57.3. The number of thiophene rings is 1. The highest BCUT2D eigenvalue weighted by molar-refractivity contribution is 7.25. The fraction of sp³-hybridized carbons (Fsp3) is 0. The molecule has 0 saturated carbocycles. The molecular formula is C48H26N4S. The third-order valence-electron chi connectivity index (χ3n) is 11.4. The van der Waals surface area contributed by atoms with Gasteiger partial charge in [-0.1, -0.05) is 121 Å². The van der Waals surface area contributed by atoms with Gasteiger partial charge in [0.1, 0.15) is 4.83 Å². The van der Waals surface area contributed by atoms with Crippen LogP contribution < -0.4 is 0 Å². The molecule has 13 rings (SSSR count). The molecule has 0 spiro atoms. The van der Waals surface area contributed by atoms with Crippen molar-refractivity contribution in [2.45, 2.75) is 0 Å². The van der Waals surface area contributed by atoms with E-state index in [4.69, 9.17) is 9.97 Å². The first-order valence-corrected chi connectivity index (χ1v) is 18.8. The van der Waals surface area contributed by atoms with Crippen LogP contribution in [0.1, 0.15) is 0 Å². The Morgan fingerprint density at radius 2 is 1.09 bits per heavy atom. The Hall–Kier alpha value is -6.82. The molecule has 13 aromatic rings. The first kappa shape index (κ1) is 27.8. The highest BCUT2D eigenvalue weighted by atomic mass is 32.1. The fourth-order valence-corrected chi connectivity index (χ4v) is 10.3. The molecule has 0 fully saturated rings. The lowest BCUT2D eigenvalue weighted by Gasteiger charge is -2.13. The molecule has 8 aromatic carbocycles. The molecule has 5 heteroatoms. The van der Waals surface area contributed by atoms with E-state index in [2.05, 4.69) is 167 Å². The smallest absolute Gasteiger partial charge is 0.163 e. The van der Waals surface area contributed by atoms with Gasteiger partial charge in [-0.05, 0) is 57.9 Å². The second-order valence-corrected chi connectivity index (χ2v) is 15.2. The van der Waals surface area contributed by atoms with Crippen molar-refractivity contribution in [1.82, 2.24) is 18.9 Å². The summed E-state index contributed by atoms with van der Waals surface area (Å²) >= 11 is 1.74. The van der Waals surface area contributed by atoms with E-state index in [0.717, 1.165) is 32.9 Å². The van der Waals surface area contributed by atoms with Gasteiger partial charge < -0.3 is 4.40 Å². The summed E-state index contributed by atoms with van der Waals surface area (Å²) < 4.78 is 6.16. The van der Waals surface area contributed by atoms with Crippen LogP contribution in [0.2, 0.25) is 0 Å². The fourth-order valence-electron chi connectivity index (χ4n) is 9.22. The topological polar surface area (TPSA) is 35.1 Å². The maximum absolute atomic E-state index is 5.65. The molecule has 0 aliphatic rings. The first-order chi connectivity index (χ1) is 26.3. The number of para-hydroxylation sites is 2. The number of fused-ring (bicyclic) bond motifs is 16. The van der Waals surface area contributed by atoms with E-state index >= 15 is 0 Å². The molecule has 53 heavy (non-hydrogen) atoms. The summed E-state index contributed by atoms with van der Waals surface area (Å²) in [6.07, 6.45) is 0. The third kappa shape index (κ3) is 3.54. The second kappa shape index (κ2) is 9.94. The van der Waals surface area contributed by atoms with E-state index in [-0.39, 0.29) is 0 Å². The standard InChI is InChI=1S/C48H26N4S/c1-2-13-29-25-30(22-21-27(29)11-1)46-49-47(43-34-17-7-10-20-40(34)53-48(43)50-46)52-39-24-23-28-12-3-4-14-31(28)41(39)36-26-35-32-15-5-8-18-37(32)51-38-19-9-6-16-33(38)42(44(35)51)45(36)52/h1-26H. The van der Waals surface area contributed by atoms with Gasteiger partial charge in [-0.2, -0.15) is 0 Å². The Morgan fingerprint density at radius 3 is 1.96 bits per heavy atom. The van der Waals surface area contributed by atoms with Gasteiger partial charge in [0.15, 0.2) is 11.6 Å². The molecule has 244 valence electrons. The zero-order valence-corrected chi connectivity index (χ0v) is 29.0. The van der Waals surface area contributed by atoms with E-state index in [1.165, 1.54) is 86.0 Å². The van der Waals surface area contributed by atoms with Crippen LogP contribution in [0.5, 0.6) is 0 Å². The van der Waals surface area contributed by atoms with Gasteiger partial charge in [0.05, 0.1) is 33.0 Å². The van der Waals surface area contributed by atoms with Crippen LogP contribution in [0.3, 0.4) is 0 Å². The maximum atomic E-state index is 5.65. The van der Waals surface area contributed by atoms with Crippen molar-refractivity contribution < 1.29 is 0 Å². The van der Waals surface area contributed by atoms with Gasteiger partial charge >= 0.3 is 0 Å². The van der Waals surface area contributed by atoms with Gasteiger partial charge in [0, 0.05) is 48.0 Å². The minimum absolute atomic E-state index is 0.729. The maximum Gasteiger partial charge on any atom is 0.163 e. The molecular weight excluding hydrogens is 665 g/mol. The summed E-state index contributed by atoms with van der Waals surface area (Å²) in [7, 11) is 0. The summed E-state index contributed by atoms with van der Waals surface area (Å²) in [5.41, 5.74) is 7.03. The molecule has 0 saturated heterocycles. The molecule has 0 bridgehead atoms. The van der Waals surface area contributed by atoms with Crippen LogP contribution in [-0.4, -0.2) is 18.9 Å². The van der Waals surface area contributed by atoms with Gasteiger partial charge in [-0.15, -0.1) is 11.3 Å². The highest BCUT2D eigenvalue weighted by Gasteiger charge is 2.27. The lowest BCUT2D eigenvalue weighted by molar-refractivity contribution is 1.08. The molecule has 0 unspecified atom stereocenters. The Kier molecular flexibility index (Phi) is 5.22. The third-order valence-corrected chi connectivity index (χ3v) is 12.5. The Morgan fingerprint density at radius 1 is 0.415 bits per heavy atom. The number of hydrogen-bond acceptors (Lipinski definition) is 3. The number of benzene rings is 8. The molecule has 0 aliphatic carbocycles. The zero-order valence-electron chi connectivity index (χ0n) is 28.2. The Bertz CT molecular complexity index is 3700. The van der Waals surface area contributed by atoms with E-state index in [9.17, 15) is 0 Å². The molecule has 5 aromatic heterocycles. The molecule has 4 nitrogen and oxygen atoms in total. The van der Waals surface area contributed by atoms with E-state index in [0.29, 0.717) is 0 Å². The SMILES string of the molecule is c1ccc2cc(-c3nc(-n4c5ccc6ccccc6c5c5cc6c7ccccc7n7c8ccccc8c(c54)c67)c4c(n3)sc3ccccc34)ccc2c1. The largest absolute Gasteiger partial charge is 0.308 e. The van der Waals surface area contributed by atoms with Crippen molar-refractivity contribution in [1.29, 1.82) is 0 Å². The van der Waals surface area contributed by atoms with Crippen molar-refractivity contribution in [2.75, 3.05) is 0 Å². The van der Waals surface area contributed by atoms with E-state index in [1.54, 1.807) is 11.3 Å². The normalized spacial score (nSPS) is 12.5. The molecule has 0 aliphatic heterocycles. The quantitative estimate of drug-likeness (QED) is 0.181. The van der Waals surface area contributed by atoms with Gasteiger partial charge in [0.25, 0.3) is 0 Å². The molecule has 5 heterocycles. The van der Waals surface area contributed by atoms with Gasteiger partial charge in [-0.3, -0.25) is 4.57 Å². The summed E-state index contributed by atoms with van der Waals surface area (Å²) in [5.74, 6) is 1.64. The second-order valence-electron chi connectivity index (χ2n) is 14.1. The molecule has 0 N–H and O–H groups in total. The highest BCUT2D eigenvalue weighted by Crippen LogP contribution is 2.49. The Labute approximate surface area is 305 Å². The first-order valence-electron chi connectivity index (χ1n) is 18.0. The van der Waals surface area contributed by atoms with Crippen molar-refractivity contribution in [3.05, 3.63) is 158 Å². The number of rotatable bonds is 2. The van der Waals surface area contributed by atoms with E-state index < -0.39 is 0 Å². The molecule has 0 atom stereocenters. The van der Waals surface area contributed by atoms with Crippen molar-refractivity contribution >= 4 is 113 Å². The lowest BCUT2D eigenvalue weighted by atomic mass is 10.0. The van der Waals surface area contributed by atoms with Crippen LogP contribution in [0.15, 0.2) is 158 Å². The van der Waals surface area contributed by atoms with Crippen molar-refractivity contribution in [2.24, 2.45) is 0 Å². The van der Waals surface area contributed by atoms with Crippen LogP contribution in [0.4, 0.5) is 0 Å². The van der Waals surface area contributed by atoms with Gasteiger partial charge in [0.2, 0.25) is 0 Å². The van der Waals surface area contributed by atoms with Crippen molar-refractivity contribution in [3.63, 3.8) is 0 Å². The van der Waals surface area contributed by atoms with Crippen LogP contribution >= 0.6 is 11.3 Å². The molecule has 0 radical (unpaired) electrons. The van der Waals surface area contributed by atoms with Crippen molar-refractivity contribution in [3.8, 4) is 17.2 Å². The minimum atomic E-state index is 0.729. The predicted octanol–water partition coefficient (Wildman–Crippen LogP) is 13.1. The number of hydrogen-bond donors (Lipinski definition) is 0. The van der Waals surface area contributed by atoms with Crippen LogP contribution in [0, 0.1) is 0 Å². The molecule has 0 amide bonds. The number of aromatic nitrogens is 4.